The van der Waals surface area contributed by atoms with Gasteiger partial charge < -0.3 is 10.4 Å². The van der Waals surface area contributed by atoms with Crippen molar-refractivity contribution in [3.05, 3.63) is 35.4 Å². The third kappa shape index (κ3) is 4.15. The van der Waals surface area contributed by atoms with Crippen LogP contribution in [-0.2, 0) is 11.3 Å². The molecular weight excluding hydrogens is 304 g/mol. The van der Waals surface area contributed by atoms with Gasteiger partial charge in [0.1, 0.15) is 0 Å². The van der Waals surface area contributed by atoms with E-state index in [0.29, 0.717) is 12.6 Å². The monoisotopic (exact) mass is 330 g/mol. The average Bonchev–Trinajstić information content (AvgIpc) is 3.15. The lowest BCUT2D eigenvalue weighted by Gasteiger charge is -2.36. The molecule has 5 heteroatoms. The number of carboxylic acid groups (broad SMARTS) is 1. The molecule has 2 aliphatic rings. The maximum atomic E-state index is 12.5. The first-order chi connectivity index (χ1) is 11.6. The zero-order valence-corrected chi connectivity index (χ0v) is 14.0. The van der Waals surface area contributed by atoms with Crippen molar-refractivity contribution >= 4 is 11.9 Å². The molecular formula is C19H26N2O3. The van der Waals surface area contributed by atoms with Gasteiger partial charge in [0.05, 0.1) is 11.5 Å². The van der Waals surface area contributed by atoms with Crippen LogP contribution in [-0.4, -0.2) is 41.0 Å². The first-order valence-electron chi connectivity index (χ1n) is 8.97. The lowest BCUT2D eigenvalue weighted by molar-refractivity contribution is -0.127. The second-order valence-corrected chi connectivity index (χ2v) is 7.00. The minimum atomic E-state index is -0.942. The molecule has 1 aromatic rings. The second kappa shape index (κ2) is 7.79. The van der Waals surface area contributed by atoms with Gasteiger partial charge >= 0.3 is 5.97 Å². The Morgan fingerprint density at radius 3 is 2.71 bits per heavy atom. The number of carbonyl (C=O) groups excluding carboxylic acids is 1. The number of benzene rings is 1. The van der Waals surface area contributed by atoms with Gasteiger partial charge in [0.2, 0.25) is 5.91 Å². The van der Waals surface area contributed by atoms with Gasteiger partial charge in [0.25, 0.3) is 0 Å². The number of hydrogen-bond donors (Lipinski definition) is 2. The van der Waals surface area contributed by atoms with Crippen LogP contribution >= 0.6 is 0 Å². The topological polar surface area (TPSA) is 69.6 Å². The summed E-state index contributed by atoms with van der Waals surface area (Å²) in [5.74, 6) is -0.789. The highest BCUT2D eigenvalue weighted by molar-refractivity contribution is 5.87. The van der Waals surface area contributed by atoms with E-state index >= 15 is 0 Å². The minimum Gasteiger partial charge on any atom is -0.478 e. The van der Waals surface area contributed by atoms with Crippen LogP contribution in [0.2, 0.25) is 0 Å². The summed E-state index contributed by atoms with van der Waals surface area (Å²) in [5, 5.41) is 12.0. The predicted molar refractivity (Wildman–Crippen MR) is 91.8 cm³/mol. The molecule has 1 amide bonds. The molecule has 0 unspecified atom stereocenters. The summed E-state index contributed by atoms with van der Waals surface area (Å²) in [7, 11) is 0. The summed E-state index contributed by atoms with van der Waals surface area (Å²) in [5.41, 5.74) is 1.08. The first-order valence-corrected chi connectivity index (χ1v) is 8.97. The number of carboxylic acids is 1. The molecule has 1 heterocycles. The summed E-state index contributed by atoms with van der Waals surface area (Å²) in [6, 6.07) is 7.42. The van der Waals surface area contributed by atoms with Gasteiger partial charge in [0, 0.05) is 19.1 Å². The number of hydrogen-bond acceptors (Lipinski definition) is 3. The van der Waals surface area contributed by atoms with E-state index in [-0.39, 0.29) is 17.4 Å². The van der Waals surface area contributed by atoms with Crippen LogP contribution in [0.1, 0.15) is 54.4 Å². The molecule has 1 aliphatic heterocycles. The predicted octanol–water partition coefficient (Wildman–Crippen LogP) is 2.66. The summed E-state index contributed by atoms with van der Waals surface area (Å²) < 4.78 is 0. The van der Waals surface area contributed by atoms with Gasteiger partial charge in [0.15, 0.2) is 0 Å². The fourth-order valence-corrected chi connectivity index (χ4v) is 3.97. The third-order valence-electron chi connectivity index (χ3n) is 5.31. The van der Waals surface area contributed by atoms with Crippen molar-refractivity contribution in [1.82, 2.24) is 10.2 Å². The summed E-state index contributed by atoms with van der Waals surface area (Å²) in [6.45, 7) is 2.38. The molecule has 5 nitrogen and oxygen atoms in total. The van der Waals surface area contributed by atoms with Gasteiger partial charge in [-0.2, -0.15) is 0 Å². The van der Waals surface area contributed by atoms with Crippen LogP contribution in [0.5, 0.6) is 0 Å². The normalized spacial score (nSPS) is 22.4. The molecule has 0 radical (unpaired) electrons. The first kappa shape index (κ1) is 17.0. The number of nitrogens with one attached hydrogen (secondary N) is 1. The molecule has 0 bridgehead atoms. The van der Waals surface area contributed by atoms with Crippen molar-refractivity contribution in [2.75, 3.05) is 13.1 Å². The second-order valence-electron chi connectivity index (χ2n) is 7.00. The lowest BCUT2D eigenvalue weighted by atomic mass is 9.95. The Bertz CT molecular complexity index is 596. The van der Waals surface area contributed by atoms with Crippen molar-refractivity contribution in [2.45, 2.75) is 51.1 Å². The van der Waals surface area contributed by atoms with E-state index < -0.39 is 5.97 Å². The molecule has 3 rings (SSSR count). The van der Waals surface area contributed by atoms with E-state index in [0.717, 1.165) is 31.5 Å². The number of aromatic carboxylic acids is 1. The largest absolute Gasteiger partial charge is 0.478 e. The zero-order valence-electron chi connectivity index (χ0n) is 14.0. The summed E-state index contributed by atoms with van der Waals surface area (Å²) >= 11 is 0. The van der Waals surface area contributed by atoms with E-state index in [1.807, 2.05) is 6.07 Å². The van der Waals surface area contributed by atoms with E-state index in [2.05, 4.69) is 10.2 Å². The van der Waals surface area contributed by atoms with Gasteiger partial charge in [-0.15, -0.1) is 0 Å². The average molecular weight is 330 g/mol. The molecule has 1 aromatic carbocycles. The molecule has 1 saturated carbocycles. The van der Waals surface area contributed by atoms with Crippen LogP contribution in [0, 0.1) is 5.92 Å². The minimum absolute atomic E-state index is 0.0574. The molecule has 1 atom stereocenters. The number of amides is 1. The Balaban J connectivity index is 1.52. The lowest BCUT2D eigenvalue weighted by Crippen LogP contribution is -2.46. The maximum absolute atomic E-state index is 12.5. The highest BCUT2D eigenvalue weighted by Gasteiger charge is 2.30. The number of rotatable bonds is 5. The number of likely N-dealkylation sites (tertiary alicyclic amines) is 1. The van der Waals surface area contributed by atoms with Crippen LogP contribution in [0.25, 0.3) is 0 Å². The fraction of sp³-hybridized carbons (Fsp3) is 0.579. The molecule has 1 aliphatic carbocycles. The highest BCUT2D eigenvalue weighted by Crippen LogP contribution is 2.28. The summed E-state index contributed by atoms with van der Waals surface area (Å²) in [6.07, 6.45) is 7.22. The summed E-state index contributed by atoms with van der Waals surface area (Å²) in [4.78, 5) is 26.0. The Hall–Kier alpha value is -1.88. The number of piperidine rings is 1. The van der Waals surface area contributed by atoms with Gasteiger partial charge in [-0.3, -0.25) is 9.69 Å². The number of nitrogens with zero attached hydrogens (tertiary/aromatic N) is 1. The van der Waals surface area contributed by atoms with Crippen LogP contribution in [0.15, 0.2) is 24.3 Å². The number of carbonyl (C=O) groups is 2. The van der Waals surface area contributed by atoms with E-state index in [1.54, 1.807) is 18.2 Å². The van der Waals surface area contributed by atoms with Crippen molar-refractivity contribution in [2.24, 2.45) is 5.92 Å². The van der Waals surface area contributed by atoms with Gasteiger partial charge in [-0.05, 0) is 49.9 Å². The van der Waals surface area contributed by atoms with Gasteiger partial charge in [-0.25, -0.2) is 4.79 Å². The maximum Gasteiger partial charge on any atom is 0.335 e. The molecule has 0 aromatic heterocycles. The van der Waals surface area contributed by atoms with Crippen LogP contribution in [0.4, 0.5) is 0 Å². The Morgan fingerprint density at radius 1 is 1.17 bits per heavy atom. The standard InChI is InChI=1S/C19H26N2O3/c22-18(20-12-14-5-3-6-15(11-14)19(23)24)16-7-4-10-21(13-16)17-8-1-2-9-17/h3,5-6,11,16-17H,1-2,4,7-10,12-13H2,(H,20,22)(H,23,24)/t16-/m0/s1. The van der Waals surface area contributed by atoms with E-state index in [4.69, 9.17) is 5.11 Å². The molecule has 130 valence electrons. The Morgan fingerprint density at radius 2 is 1.96 bits per heavy atom. The molecule has 1 saturated heterocycles. The zero-order chi connectivity index (χ0) is 16.9. The third-order valence-corrected chi connectivity index (χ3v) is 5.31. The van der Waals surface area contributed by atoms with E-state index in [9.17, 15) is 9.59 Å². The quantitative estimate of drug-likeness (QED) is 0.871. The molecule has 0 spiro atoms. The SMILES string of the molecule is O=C(O)c1cccc(CNC(=O)[C@H]2CCCN(C3CCCC3)C2)c1. The van der Waals surface area contributed by atoms with Crippen molar-refractivity contribution in [3.63, 3.8) is 0 Å². The van der Waals surface area contributed by atoms with Crippen molar-refractivity contribution < 1.29 is 14.7 Å². The smallest absolute Gasteiger partial charge is 0.335 e. The molecule has 2 N–H and O–H groups in total. The Labute approximate surface area is 143 Å². The molecule has 2 fully saturated rings. The molecule has 24 heavy (non-hydrogen) atoms. The van der Waals surface area contributed by atoms with E-state index in [1.165, 1.54) is 25.7 Å². The van der Waals surface area contributed by atoms with Crippen LogP contribution in [0.3, 0.4) is 0 Å². The Kier molecular flexibility index (Phi) is 5.51. The van der Waals surface area contributed by atoms with Crippen molar-refractivity contribution in [1.29, 1.82) is 0 Å². The van der Waals surface area contributed by atoms with Gasteiger partial charge in [-0.1, -0.05) is 25.0 Å². The van der Waals surface area contributed by atoms with Crippen LogP contribution < -0.4 is 5.32 Å². The fourth-order valence-electron chi connectivity index (χ4n) is 3.97. The van der Waals surface area contributed by atoms with Crippen molar-refractivity contribution in [3.8, 4) is 0 Å². The highest BCUT2D eigenvalue weighted by atomic mass is 16.4.